The molecule has 0 aliphatic heterocycles. The average molecular weight is 203 g/mol. The van der Waals surface area contributed by atoms with Crippen LogP contribution in [0.4, 0.5) is 8.78 Å². The molecule has 0 unspecified atom stereocenters. The second kappa shape index (κ2) is 3.76. The molecule has 2 fully saturated rings. The Morgan fingerprint density at radius 1 is 1.00 bits per heavy atom. The van der Waals surface area contributed by atoms with Crippen molar-refractivity contribution in [2.24, 2.45) is 5.92 Å². The van der Waals surface area contributed by atoms with Crippen molar-refractivity contribution in [3.8, 4) is 0 Å². The number of hydrogen-bond acceptors (Lipinski definition) is 1. The van der Waals surface area contributed by atoms with Gasteiger partial charge < -0.3 is 5.32 Å². The highest BCUT2D eigenvalue weighted by Crippen LogP contribution is 2.38. The molecule has 1 N–H and O–H groups in total. The van der Waals surface area contributed by atoms with Crippen LogP contribution >= 0.6 is 0 Å². The molecule has 1 nitrogen and oxygen atoms in total. The Bertz CT molecular complexity index is 189. The van der Waals surface area contributed by atoms with Gasteiger partial charge in [0.2, 0.25) is 0 Å². The first-order chi connectivity index (χ1) is 6.55. The summed E-state index contributed by atoms with van der Waals surface area (Å²) in [5, 5.41) is 3.35. The quantitative estimate of drug-likeness (QED) is 0.727. The summed E-state index contributed by atoms with van der Waals surface area (Å²) in [7, 11) is 0. The third-order valence-electron chi connectivity index (χ3n) is 3.58. The van der Waals surface area contributed by atoms with E-state index in [2.05, 4.69) is 12.2 Å². The Morgan fingerprint density at radius 3 is 2.07 bits per heavy atom. The third kappa shape index (κ3) is 2.44. The van der Waals surface area contributed by atoms with Crippen LogP contribution in [0, 0.1) is 5.92 Å². The van der Waals surface area contributed by atoms with E-state index in [4.69, 9.17) is 0 Å². The van der Waals surface area contributed by atoms with E-state index >= 15 is 0 Å². The molecule has 0 heterocycles. The van der Waals surface area contributed by atoms with Crippen molar-refractivity contribution in [2.75, 3.05) is 0 Å². The van der Waals surface area contributed by atoms with Crippen LogP contribution in [-0.2, 0) is 0 Å². The Balaban J connectivity index is 1.67. The smallest absolute Gasteiger partial charge is 0.251 e. The van der Waals surface area contributed by atoms with Gasteiger partial charge in [0.05, 0.1) is 0 Å². The first-order valence-corrected chi connectivity index (χ1v) is 5.69. The van der Waals surface area contributed by atoms with Crippen molar-refractivity contribution in [3.63, 3.8) is 0 Å². The molecule has 2 saturated carbocycles. The van der Waals surface area contributed by atoms with Gasteiger partial charge in [0.1, 0.15) is 0 Å². The van der Waals surface area contributed by atoms with Crippen LogP contribution in [0.5, 0.6) is 0 Å². The van der Waals surface area contributed by atoms with Crippen molar-refractivity contribution in [1.82, 2.24) is 5.32 Å². The summed E-state index contributed by atoms with van der Waals surface area (Å²) in [5.41, 5.74) is 0. The maximum absolute atomic E-state index is 12.6. The summed E-state index contributed by atoms with van der Waals surface area (Å²) in [5.74, 6) is -1.55. The number of alkyl halides is 2. The summed E-state index contributed by atoms with van der Waals surface area (Å²) in [6.45, 7) is 2.27. The van der Waals surface area contributed by atoms with Crippen molar-refractivity contribution >= 4 is 0 Å². The predicted molar refractivity (Wildman–Crippen MR) is 52.5 cm³/mol. The maximum atomic E-state index is 12.6. The number of nitrogens with one attached hydrogen (secondary N) is 1. The standard InChI is InChI=1S/C11H19F2N/c1-8-2-4-9(5-3-8)14-10-6-11(12,13)7-10/h8-10,14H,2-7H2,1H3/t8-,9+. The molecule has 3 heteroatoms. The van der Waals surface area contributed by atoms with Crippen LogP contribution in [-0.4, -0.2) is 18.0 Å². The maximum Gasteiger partial charge on any atom is 0.251 e. The van der Waals surface area contributed by atoms with E-state index in [1.807, 2.05) is 0 Å². The van der Waals surface area contributed by atoms with Gasteiger partial charge in [0.25, 0.3) is 5.92 Å². The lowest BCUT2D eigenvalue weighted by Gasteiger charge is -2.39. The lowest BCUT2D eigenvalue weighted by atomic mass is 9.83. The molecule has 0 saturated heterocycles. The number of hydrogen-bond donors (Lipinski definition) is 1. The van der Waals surface area contributed by atoms with Crippen LogP contribution in [0.2, 0.25) is 0 Å². The zero-order valence-corrected chi connectivity index (χ0v) is 8.73. The van der Waals surface area contributed by atoms with Crippen LogP contribution in [0.1, 0.15) is 45.4 Å². The molecule has 0 spiro atoms. The van der Waals surface area contributed by atoms with Crippen LogP contribution in [0.15, 0.2) is 0 Å². The molecule has 2 aliphatic carbocycles. The fraction of sp³-hybridized carbons (Fsp3) is 1.00. The third-order valence-corrected chi connectivity index (χ3v) is 3.58. The van der Waals surface area contributed by atoms with Gasteiger partial charge in [-0.3, -0.25) is 0 Å². The average Bonchev–Trinajstić information content (AvgIpc) is 2.06. The predicted octanol–water partition coefficient (Wildman–Crippen LogP) is 2.95. The van der Waals surface area contributed by atoms with Gasteiger partial charge in [0.15, 0.2) is 0 Å². The van der Waals surface area contributed by atoms with Crippen molar-refractivity contribution in [1.29, 1.82) is 0 Å². The van der Waals surface area contributed by atoms with Crippen LogP contribution in [0.3, 0.4) is 0 Å². The van der Waals surface area contributed by atoms with Gasteiger partial charge in [-0.05, 0) is 31.6 Å². The lowest BCUT2D eigenvalue weighted by Crippen LogP contribution is -2.52. The van der Waals surface area contributed by atoms with E-state index in [9.17, 15) is 8.78 Å². The summed E-state index contributed by atoms with van der Waals surface area (Å²) in [4.78, 5) is 0. The van der Waals surface area contributed by atoms with Gasteiger partial charge in [0, 0.05) is 24.9 Å². The molecule has 0 aromatic rings. The lowest BCUT2D eigenvalue weighted by molar-refractivity contribution is -0.0955. The molecule has 0 amide bonds. The molecular formula is C11H19F2N. The molecule has 82 valence electrons. The molecule has 0 radical (unpaired) electrons. The molecule has 0 aromatic heterocycles. The summed E-state index contributed by atoms with van der Waals surface area (Å²) in [6, 6.07) is 0.593. The minimum Gasteiger partial charge on any atom is -0.311 e. The SMILES string of the molecule is C[C@H]1CC[C@@H](NC2CC(F)(F)C2)CC1. The second-order valence-electron chi connectivity index (χ2n) is 5.08. The van der Waals surface area contributed by atoms with E-state index in [1.165, 1.54) is 25.7 Å². The number of rotatable bonds is 2. The second-order valence-corrected chi connectivity index (χ2v) is 5.08. The molecule has 0 bridgehead atoms. The summed E-state index contributed by atoms with van der Waals surface area (Å²) >= 11 is 0. The molecule has 2 rings (SSSR count). The van der Waals surface area contributed by atoms with E-state index in [0.29, 0.717) is 6.04 Å². The highest BCUT2D eigenvalue weighted by Gasteiger charge is 2.45. The largest absolute Gasteiger partial charge is 0.311 e. The van der Waals surface area contributed by atoms with Gasteiger partial charge >= 0.3 is 0 Å². The molecule has 0 aromatic carbocycles. The van der Waals surface area contributed by atoms with E-state index in [0.717, 1.165) is 5.92 Å². The zero-order valence-electron chi connectivity index (χ0n) is 8.73. The van der Waals surface area contributed by atoms with Crippen LogP contribution < -0.4 is 5.32 Å². The Kier molecular flexibility index (Phi) is 2.78. The molecule has 2 aliphatic rings. The summed E-state index contributed by atoms with van der Waals surface area (Å²) in [6.07, 6.45) is 4.95. The molecule has 14 heavy (non-hydrogen) atoms. The fourth-order valence-electron chi connectivity index (χ4n) is 2.54. The fourth-order valence-corrected chi connectivity index (χ4v) is 2.54. The van der Waals surface area contributed by atoms with E-state index < -0.39 is 5.92 Å². The van der Waals surface area contributed by atoms with Crippen molar-refractivity contribution in [2.45, 2.75) is 63.5 Å². The molecule has 0 atom stereocenters. The minimum atomic E-state index is -2.38. The van der Waals surface area contributed by atoms with Crippen molar-refractivity contribution in [3.05, 3.63) is 0 Å². The zero-order chi connectivity index (χ0) is 10.2. The van der Waals surface area contributed by atoms with E-state index in [1.54, 1.807) is 0 Å². The normalized spacial score (nSPS) is 37.9. The van der Waals surface area contributed by atoms with E-state index in [-0.39, 0.29) is 18.9 Å². The Hall–Kier alpha value is -0.180. The minimum absolute atomic E-state index is 0.0546. The first-order valence-electron chi connectivity index (χ1n) is 5.69. The van der Waals surface area contributed by atoms with Gasteiger partial charge in [-0.25, -0.2) is 8.78 Å². The molecular weight excluding hydrogens is 184 g/mol. The Labute approximate surface area is 84.3 Å². The van der Waals surface area contributed by atoms with Crippen LogP contribution in [0.25, 0.3) is 0 Å². The Morgan fingerprint density at radius 2 is 1.57 bits per heavy atom. The highest BCUT2D eigenvalue weighted by molar-refractivity contribution is 4.93. The van der Waals surface area contributed by atoms with Gasteiger partial charge in [-0.2, -0.15) is 0 Å². The van der Waals surface area contributed by atoms with Gasteiger partial charge in [-0.1, -0.05) is 6.92 Å². The monoisotopic (exact) mass is 203 g/mol. The first kappa shape index (κ1) is 10.3. The van der Waals surface area contributed by atoms with Crippen molar-refractivity contribution < 1.29 is 8.78 Å². The highest BCUT2D eigenvalue weighted by atomic mass is 19.3. The number of halogens is 2. The summed E-state index contributed by atoms with van der Waals surface area (Å²) < 4.78 is 25.1. The topological polar surface area (TPSA) is 12.0 Å². The van der Waals surface area contributed by atoms with Gasteiger partial charge in [-0.15, -0.1) is 0 Å².